The van der Waals surface area contributed by atoms with E-state index >= 15 is 0 Å². The van der Waals surface area contributed by atoms with Gasteiger partial charge in [-0.3, -0.25) is 0 Å². The summed E-state index contributed by atoms with van der Waals surface area (Å²) in [7, 11) is -4.04. The van der Waals surface area contributed by atoms with Crippen molar-refractivity contribution in [1.29, 1.82) is 0 Å². The molecule has 0 aliphatic rings. The second kappa shape index (κ2) is 10.5. The van der Waals surface area contributed by atoms with Gasteiger partial charge < -0.3 is 5.11 Å². The van der Waals surface area contributed by atoms with Gasteiger partial charge in [0, 0.05) is 22.5 Å². The highest BCUT2D eigenvalue weighted by Gasteiger charge is 2.30. The van der Waals surface area contributed by atoms with Gasteiger partial charge in [0.2, 0.25) is 10.0 Å². The highest BCUT2D eigenvalue weighted by atomic mass is 35.5. The molecule has 0 radical (unpaired) electrons. The van der Waals surface area contributed by atoms with Crippen LogP contribution in [0.25, 0.3) is 22.0 Å². The first kappa shape index (κ1) is 26.4. The van der Waals surface area contributed by atoms with Crippen molar-refractivity contribution in [2.75, 3.05) is 0 Å². The van der Waals surface area contributed by atoms with Crippen molar-refractivity contribution in [3.8, 4) is 11.1 Å². The number of carboxylic acids is 1. The first-order valence-electron chi connectivity index (χ1n) is 12.0. The summed E-state index contributed by atoms with van der Waals surface area (Å²) >= 11 is 6.21. The zero-order valence-electron chi connectivity index (χ0n) is 20.6. The van der Waals surface area contributed by atoms with E-state index in [1.807, 2.05) is 0 Å². The highest BCUT2D eigenvalue weighted by molar-refractivity contribution is 7.90. The third-order valence-electron chi connectivity index (χ3n) is 6.58. The number of nitrogens with zero attached hydrogens (tertiary/aromatic N) is 1. The Hall–Kier alpha value is -4.20. The fourth-order valence-corrected chi connectivity index (χ4v) is 6.70. The van der Waals surface area contributed by atoms with Crippen molar-refractivity contribution in [3.63, 3.8) is 0 Å². The minimum Gasteiger partial charge on any atom is -0.478 e. The molecule has 5 aromatic rings. The molecule has 0 aliphatic carbocycles. The molecule has 4 aromatic carbocycles. The van der Waals surface area contributed by atoms with Gasteiger partial charge in [-0.25, -0.2) is 21.6 Å². The first-order valence-corrected chi connectivity index (χ1v) is 13.9. The summed E-state index contributed by atoms with van der Waals surface area (Å²) in [6, 6.07) is 26.3. The maximum atomic E-state index is 14.2. The van der Waals surface area contributed by atoms with Gasteiger partial charge in [-0.2, -0.15) is 0 Å². The number of carbonyl (C=O) groups is 1. The number of rotatable bonds is 8. The lowest BCUT2D eigenvalue weighted by atomic mass is 10.0. The van der Waals surface area contributed by atoms with Crippen LogP contribution in [-0.4, -0.2) is 23.5 Å². The molecular weight excluding hydrogens is 537 g/mol. The number of hydrogen-bond acceptors (Lipinski definition) is 3. The molecule has 0 bridgehead atoms. The van der Waals surface area contributed by atoms with Crippen LogP contribution in [0.4, 0.5) is 4.39 Å². The van der Waals surface area contributed by atoms with Crippen LogP contribution in [0, 0.1) is 5.82 Å². The predicted octanol–water partition coefficient (Wildman–Crippen LogP) is 7.50. The molecule has 0 saturated heterocycles. The van der Waals surface area contributed by atoms with Crippen molar-refractivity contribution < 1.29 is 22.7 Å². The molecule has 0 saturated carbocycles. The third-order valence-corrected chi connectivity index (χ3v) is 8.87. The summed E-state index contributed by atoms with van der Waals surface area (Å²) in [6.45, 7) is 3.83. The van der Waals surface area contributed by atoms with Crippen molar-refractivity contribution in [2.24, 2.45) is 0 Å². The second-order valence-corrected chi connectivity index (χ2v) is 11.5. The standard InChI is InChI=1S/C31H23ClFNO4S/c1-2-30(23-9-7-21(8-10-23)22-11-14-27(33)15-12-22)39(37,38)34-28(19-25-18-26(32)13-16-29(25)34)17-20-3-5-24(6-4-20)31(35)36/h2-16,18-19,30H,1,17H2,(H,35,36). The topological polar surface area (TPSA) is 76.4 Å². The lowest BCUT2D eigenvalue weighted by molar-refractivity contribution is 0.0697. The van der Waals surface area contributed by atoms with E-state index in [1.54, 1.807) is 72.8 Å². The van der Waals surface area contributed by atoms with Gasteiger partial charge in [0.1, 0.15) is 11.1 Å². The van der Waals surface area contributed by atoms with Crippen LogP contribution >= 0.6 is 11.6 Å². The maximum Gasteiger partial charge on any atom is 0.335 e. The van der Waals surface area contributed by atoms with E-state index in [-0.39, 0.29) is 17.8 Å². The largest absolute Gasteiger partial charge is 0.478 e. The molecule has 0 spiro atoms. The molecule has 0 fully saturated rings. The van der Waals surface area contributed by atoms with Gasteiger partial charge in [-0.05, 0) is 70.8 Å². The molecule has 1 unspecified atom stereocenters. The molecule has 1 aromatic heterocycles. The van der Waals surface area contributed by atoms with Crippen LogP contribution in [0.15, 0.2) is 110 Å². The molecule has 8 heteroatoms. The molecule has 0 amide bonds. The summed E-state index contributed by atoms with van der Waals surface area (Å²) < 4.78 is 43.1. The van der Waals surface area contributed by atoms with Crippen molar-refractivity contribution in [2.45, 2.75) is 11.7 Å². The number of aromatic nitrogens is 1. The van der Waals surface area contributed by atoms with E-state index in [0.29, 0.717) is 27.2 Å². The van der Waals surface area contributed by atoms with Gasteiger partial charge in [-0.15, -0.1) is 6.58 Å². The first-order chi connectivity index (χ1) is 18.7. The van der Waals surface area contributed by atoms with E-state index < -0.39 is 21.2 Å². The fraction of sp³-hybridized carbons (Fsp3) is 0.0645. The van der Waals surface area contributed by atoms with Gasteiger partial charge >= 0.3 is 5.97 Å². The van der Waals surface area contributed by atoms with E-state index in [2.05, 4.69) is 6.58 Å². The predicted molar refractivity (Wildman–Crippen MR) is 152 cm³/mol. The van der Waals surface area contributed by atoms with Crippen LogP contribution < -0.4 is 0 Å². The Balaban J connectivity index is 1.57. The quantitative estimate of drug-likeness (QED) is 0.200. The van der Waals surface area contributed by atoms with Crippen LogP contribution in [0.3, 0.4) is 0 Å². The Bertz CT molecular complexity index is 1790. The Morgan fingerprint density at radius 3 is 2.13 bits per heavy atom. The van der Waals surface area contributed by atoms with Crippen molar-refractivity contribution in [1.82, 2.24) is 3.97 Å². The second-order valence-electron chi connectivity index (χ2n) is 9.11. The Kier molecular flexibility index (Phi) is 7.12. The molecule has 196 valence electrons. The van der Waals surface area contributed by atoms with E-state index in [9.17, 15) is 22.7 Å². The molecule has 1 atom stereocenters. The molecule has 1 heterocycles. The zero-order valence-corrected chi connectivity index (χ0v) is 22.2. The fourth-order valence-electron chi connectivity index (χ4n) is 4.67. The van der Waals surface area contributed by atoms with E-state index in [0.717, 1.165) is 16.7 Å². The van der Waals surface area contributed by atoms with E-state index in [1.165, 1.54) is 34.3 Å². The summed E-state index contributed by atoms with van der Waals surface area (Å²) in [6.07, 6.45) is 1.65. The lowest BCUT2D eigenvalue weighted by Gasteiger charge is -2.19. The Morgan fingerprint density at radius 1 is 0.923 bits per heavy atom. The zero-order chi connectivity index (χ0) is 27.7. The average molecular weight is 560 g/mol. The normalized spacial score (nSPS) is 12.4. The number of halogens is 2. The molecular formula is C31H23ClFNO4S. The minimum absolute atomic E-state index is 0.148. The summed E-state index contributed by atoms with van der Waals surface area (Å²) in [4.78, 5) is 11.2. The van der Waals surface area contributed by atoms with Crippen molar-refractivity contribution in [3.05, 3.63) is 143 Å². The van der Waals surface area contributed by atoms with Crippen molar-refractivity contribution >= 4 is 38.5 Å². The maximum absolute atomic E-state index is 14.2. The van der Waals surface area contributed by atoms with Gasteiger partial charge in [-0.1, -0.05) is 66.2 Å². The molecule has 1 N–H and O–H groups in total. The number of fused-ring (bicyclic) bond motifs is 1. The number of hydrogen-bond donors (Lipinski definition) is 1. The third kappa shape index (κ3) is 5.24. The summed E-state index contributed by atoms with van der Waals surface area (Å²) in [5.41, 5.74) is 4.05. The number of aromatic carboxylic acids is 1. The molecule has 5 nitrogen and oxygen atoms in total. The van der Waals surface area contributed by atoms with Crippen LogP contribution in [-0.2, 0) is 16.4 Å². The Labute approximate surface area is 230 Å². The smallest absolute Gasteiger partial charge is 0.335 e. The molecule has 5 rings (SSSR count). The van der Waals surface area contributed by atoms with Gasteiger partial charge in [0.05, 0.1) is 11.1 Å². The summed E-state index contributed by atoms with van der Waals surface area (Å²) in [5.74, 6) is -1.37. The average Bonchev–Trinajstić information content (AvgIpc) is 3.27. The van der Waals surface area contributed by atoms with E-state index in [4.69, 9.17) is 11.6 Å². The molecule has 39 heavy (non-hydrogen) atoms. The number of carboxylic acid groups (broad SMARTS) is 1. The minimum atomic E-state index is -4.04. The highest BCUT2D eigenvalue weighted by Crippen LogP contribution is 2.34. The van der Waals surface area contributed by atoms with Crippen LogP contribution in [0.2, 0.25) is 5.02 Å². The van der Waals surface area contributed by atoms with Crippen LogP contribution in [0.5, 0.6) is 0 Å². The lowest BCUT2D eigenvalue weighted by Crippen LogP contribution is -2.22. The Morgan fingerprint density at radius 2 is 1.54 bits per heavy atom. The number of benzene rings is 4. The monoisotopic (exact) mass is 559 g/mol. The molecule has 0 aliphatic heterocycles. The SMILES string of the molecule is C=CC(c1ccc(-c2ccc(F)cc2)cc1)S(=O)(=O)n1c(Cc2ccc(C(=O)O)cc2)cc2cc(Cl)ccc21. The van der Waals surface area contributed by atoms with Gasteiger partial charge in [0.25, 0.3) is 0 Å². The van der Waals surface area contributed by atoms with Gasteiger partial charge in [0.15, 0.2) is 0 Å². The van der Waals surface area contributed by atoms with Crippen LogP contribution in [0.1, 0.15) is 32.4 Å². The summed E-state index contributed by atoms with van der Waals surface area (Å²) in [5, 5.41) is 9.29.